The number of benzene rings is 1. The van der Waals surface area contributed by atoms with Gasteiger partial charge < -0.3 is 14.6 Å². The van der Waals surface area contributed by atoms with Gasteiger partial charge in [-0.3, -0.25) is 9.88 Å². The first-order chi connectivity index (χ1) is 17.7. The average Bonchev–Trinajstić information content (AvgIpc) is 3.25. The SMILES string of the molecule is Cc1ncc(-c2ccc3nc(Cc4cc(CN5CCN(C(=O)OC(C)(C)C)CC5)ccn4)[nH]c3c2)cn1. The van der Waals surface area contributed by atoms with E-state index in [-0.39, 0.29) is 6.09 Å². The number of ether oxygens (including phenoxy) is 1. The Bertz CT molecular complexity index is 1380. The molecule has 0 saturated carbocycles. The lowest BCUT2D eigenvalue weighted by Crippen LogP contribution is -2.49. The molecule has 1 saturated heterocycles. The number of hydrogen-bond donors (Lipinski definition) is 1. The van der Waals surface area contributed by atoms with Crippen LogP contribution in [0.2, 0.25) is 0 Å². The highest BCUT2D eigenvalue weighted by Crippen LogP contribution is 2.23. The lowest BCUT2D eigenvalue weighted by Gasteiger charge is -2.35. The van der Waals surface area contributed by atoms with Crippen LogP contribution in [0.3, 0.4) is 0 Å². The largest absolute Gasteiger partial charge is 0.444 e. The number of H-pyrrole nitrogens is 1. The topological polar surface area (TPSA) is 100 Å². The molecular weight excluding hydrogens is 466 g/mol. The van der Waals surface area contributed by atoms with Crippen LogP contribution in [-0.2, 0) is 17.7 Å². The van der Waals surface area contributed by atoms with Crippen molar-refractivity contribution < 1.29 is 9.53 Å². The number of imidazole rings is 1. The summed E-state index contributed by atoms with van der Waals surface area (Å²) in [5, 5.41) is 0. The molecule has 4 heterocycles. The molecule has 1 aliphatic rings. The summed E-state index contributed by atoms with van der Waals surface area (Å²) in [5.41, 5.74) is 5.63. The number of nitrogens with one attached hydrogen (secondary N) is 1. The third kappa shape index (κ3) is 6.29. The molecule has 0 radical (unpaired) electrons. The van der Waals surface area contributed by atoms with Gasteiger partial charge in [0.2, 0.25) is 0 Å². The van der Waals surface area contributed by atoms with Gasteiger partial charge in [0.25, 0.3) is 0 Å². The molecule has 0 aliphatic carbocycles. The highest BCUT2D eigenvalue weighted by molar-refractivity contribution is 5.81. The first-order valence-electron chi connectivity index (χ1n) is 12.6. The van der Waals surface area contributed by atoms with E-state index in [0.29, 0.717) is 19.5 Å². The summed E-state index contributed by atoms with van der Waals surface area (Å²) in [7, 11) is 0. The van der Waals surface area contributed by atoms with Crippen molar-refractivity contribution in [3.63, 3.8) is 0 Å². The Morgan fingerprint density at radius 3 is 2.49 bits per heavy atom. The molecule has 0 atom stereocenters. The number of aromatic amines is 1. The zero-order chi connectivity index (χ0) is 26.0. The Hall–Kier alpha value is -3.85. The number of fused-ring (bicyclic) bond motifs is 1. The van der Waals surface area contributed by atoms with Crippen LogP contribution < -0.4 is 0 Å². The smallest absolute Gasteiger partial charge is 0.410 e. The van der Waals surface area contributed by atoms with Crippen LogP contribution in [0, 0.1) is 6.92 Å². The molecule has 1 fully saturated rings. The van der Waals surface area contributed by atoms with Gasteiger partial charge in [-0.2, -0.15) is 0 Å². The predicted octanol–water partition coefficient (Wildman–Crippen LogP) is 4.37. The van der Waals surface area contributed by atoms with Gasteiger partial charge in [-0.15, -0.1) is 0 Å². The van der Waals surface area contributed by atoms with Crippen LogP contribution in [0.1, 0.15) is 43.7 Å². The summed E-state index contributed by atoms with van der Waals surface area (Å²) in [6.45, 7) is 11.3. The summed E-state index contributed by atoms with van der Waals surface area (Å²) < 4.78 is 5.50. The number of pyridine rings is 1. The molecule has 1 amide bonds. The fourth-order valence-electron chi connectivity index (χ4n) is 4.44. The molecule has 9 heteroatoms. The van der Waals surface area contributed by atoms with Crippen molar-refractivity contribution in [3.8, 4) is 11.1 Å². The van der Waals surface area contributed by atoms with Crippen molar-refractivity contribution in [2.75, 3.05) is 26.2 Å². The summed E-state index contributed by atoms with van der Waals surface area (Å²) in [5.74, 6) is 1.63. The summed E-state index contributed by atoms with van der Waals surface area (Å²) in [6.07, 6.45) is 5.93. The van der Waals surface area contributed by atoms with Gasteiger partial charge in [0.1, 0.15) is 17.2 Å². The molecule has 9 nitrogen and oxygen atoms in total. The van der Waals surface area contributed by atoms with E-state index in [1.165, 1.54) is 5.56 Å². The third-order valence-electron chi connectivity index (χ3n) is 6.30. The standard InChI is InChI=1S/C28H33N7O2/c1-19-30-16-22(17-31-19)21-5-6-24-25(14-21)33-26(32-24)15-23-13-20(7-8-29-23)18-34-9-11-35(12-10-34)27(36)37-28(2,3)4/h5-8,13-14,16-17H,9-12,15,18H2,1-4H3,(H,32,33). The van der Waals surface area contributed by atoms with Crippen LogP contribution in [0.4, 0.5) is 4.79 Å². The van der Waals surface area contributed by atoms with Gasteiger partial charge in [0, 0.05) is 69.0 Å². The first-order valence-corrected chi connectivity index (χ1v) is 12.6. The van der Waals surface area contributed by atoms with Crippen LogP contribution in [0.15, 0.2) is 48.9 Å². The van der Waals surface area contributed by atoms with Gasteiger partial charge in [0.15, 0.2) is 0 Å². The number of nitrogens with zero attached hydrogens (tertiary/aromatic N) is 6. The number of carbonyl (C=O) groups excluding carboxylic acids is 1. The number of piperazine rings is 1. The maximum atomic E-state index is 12.3. The second-order valence-corrected chi connectivity index (χ2v) is 10.5. The minimum absolute atomic E-state index is 0.233. The molecule has 1 aliphatic heterocycles. The Morgan fingerprint density at radius 2 is 1.76 bits per heavy atom. The fourth-order valence-corrected chi connectivity index (χ4v) is 4.44. The molecular formula is C28H33N7O2. The molecule has 1 N–H and O–H groups in total. The Balaban J connectivity index is 1.21. The van der Waals surface area contributed by atoms with E-state index in [1.54, 1.807) is 4.90 Å². The van der Waals surface area contributed by atoms with E-state index in [1.807, 2.05) is 58.4 Å². The molecule has 37 heavy (non-hydrogen) atoms. The van der Waals surface area contributed by atoms with E-state index >= 15 is 0 Å². The maximum absolute atomic E-state index is 12.3. The number of carbonyl (C=O) groups is 1. The van der Waals surface area contributed by atoms with Crippen LogP contribution in [-0.4, -0.2) is 72.6 Å². The van der Waals surface area contributed by atoms with Crippen molar-refractivity contribution in [2.45, 2.75) is 46.3 Å². The highest BCUT2D eigenvalue weighted by Gasteiger charge is 2.25. The van der Waals surface area contributed by atoms with E-state index in [2.05, 4.69) is 43.0 Å². The van der Waals surface area contributed by atoms with Crippen molar-refractivity contribution >= 4 is 17.1 Å². The molecule has 3 aromatic heterocycles. The van der Waals surface area contributed by atoms with E-state index in [9.17, 15) is 4.79 Å². The Morgan fingerprint density at radius 1 is 1.00 bits per heavy atom. The molecule has 0 spiro atoms. The molecule has 0 bridgehead atoms. The minimum Gasteiger partial charge on any atom is -0.444 e. The van der Waals surface area contributed by atoms with Gasteiger partial charge in [-0.25, -0.2) is 19.7 Å². The van der Waals surface area contributed by atoms with Crippen molar-refractivity contribution in [2.24, 2.45) is 0 Å². The number of rotatable bonds is 5. The summed E-state index contributed by atoms with van der Waals surface area (Å²) in [6, 6.07) is 10.3. The van der Waals surface area contributed by atoms with Gasteiger partial charge in [-0.05, 0) is 63.1 Å². The van der Waals surface area contributed by atoms with Crippen molar-refractivity contribution in [3.05, 3.63) is 71.8 Å². The summed E-state index contributed by atoms with van der Waals surface area (Å²) in [4.78, 5) is 37.9. The third-order valence-corrected chi connectivity index (χ3v) is 6.30. The predicted molar refractivity (Wildman–Crippen MR) is 142 cm³/mol. The van der Waals surface area contributed by atoms with Gasteiger partial charge >= 0.3 is 6.09 Å². The second-order valence-electron chi connectivity index (χ2n) is 10.5. The van der Waals surface area contributed by atoms with Gasteiger partial charge in [-0.1, -0.05) is 6.07 Å². The number of amides is 1. The van der Waals surface area contributed by atoms with Crippen LogP contribution >= 0.6 is 0 Å². The monoisotopic (exact) mass is 499 g/mol. The molecule has 5 rings (SSSR count). The van der Waals surface area contributed by atoms with Crippen LogP contribution in [0.25, 0.3) is 22.2 Å². The molecule has 4 aromatic rings. The summed E-state index contributed by atoms with van der Waals surface area (Å²) >= 11 is 0. The quantitative estimate of drug-likeness (QED) is 0.435. The fraction of sp³-hybridized carbons (Fsp3) is 0.393. The van der Waals surface area contributed by atoms with Gasteiger partial charge in [0.05, 0.1) is 11.0 Å². The minimum atomic E-state index is -0.472. The zero-order valence-corrected chi connectivity index (χ0v) is 21.9. The first kappa shape index (κ1) is 24.8. The van der Waals surface area contributed by atoms with Crippen LogP contribution in [0.5, 0.6) is 0 Å². The zero-order valence-electron chi connectivity index (χ0n) is 21.9. The normalized spacial score (nSPS) is 14.8. The number of hydrogen-bond acceptors (Lipinski definition) is 7. The van der Waals surface area contributed by atoms with Crippen molar-refractivity contribution in [1.82, 2.24) is 34.7 Å². The van der Waals surface area contributed by atoms with E-state index in [4.69, 9.17) is 9.72 Å². The lowest BCUT2D eigenvalue weighted by atomic mass is 10.1. The van der Waals surface area contributed by atoms with Crippen molar-refractivity contribution in [1.29, 1.82) is 0 Å². The number of aromatic nitrogens is 5. The van der Waals surface area contributed by atoms with E-state index in [0.717, 1.165) is 59.1 Å². The number of aryl methyl sites for hydroxylation is 1. The lowest BCUT2D eigenvalue weighted by molar-refractivity contribution is 0.0139. The molecule has 1 aromatic carbocycles. The highest BCUT2D eigenvalue weighted by atomic mass is 16.6. The maximum Gasteiger partial charge on any atom is 0.410 e. The second kappa shape index (κ2) is 10.3. The van der Waals surface area contributed by atoms with E-state index < -0.39 is 5.60 Å². The Kier molecular flexibility index (Phi) is 6.88. The Labute approximate surface area is 216 Å². The average molecular weight is 500 g/mol. The molecule has 0 unspecified atom stereocenters. The molecule has 192 valence electrons.